The van der Waals surface area contributed by atoms with Crippen LogP contribution in [0.3, 0.4) is 0 Å². The van der Waals surface area contributed by atoms with Crippen LogP contribution in [0.4, 0.5) is 5.69 Å². The molecule has 3 N–H and O–H groups in total. The number of nitrogens with zero attached hydrogens (tertiary/aromatic N) is 1. The second kappa shape index (κ2) is 5.04. The second-order valence-electron chi connectivity index (χ2n) is 4.32. The Morgan fingerprint density at radius 1 is 1.40 bits per heavy atom. The zero-order valence-electron chi connectivity index (χ0n) is 10.5. The number of anilines is 1. The largest absolute Gasteiger partial charge is 0.398 e. The summed E-state index contributed by atoms with van der Waals surface area (Å²) < 4.78 is 25.7. The van der Waals surface area contributed by atoms with Crippen LogP contribution in [0.5, 0.6) is 0 Å². The van der Waals surface area contributed by atoms with E-state index in [1.165, 1.54) is 25.1 Å². The van der Waals surface area contributed by atoms with Gasteiger partial charge in [-0.15, -0.1) is 0 Å². The number of rotatable bonds is 2. The van der Waals surface area contributed by atoms with Crippen molar-refractivity contribution in [2.24, 2.45) is 0 Å². The fourth-order valence-electron chi connectivity index (χ4n) is 1.79. The van der Waals surface area contributed by atoms with Gasteiger partial charge >= 0.3 is 0 Å². The van der Waals surface area contributed by atoms with Crippen LogP contribution >= 0.6 is 11.6 Å². The summed E-state index contributed by atoms with van der Waals surface area (Å²) in [6, 6.07) is 2.84. The molecule has 1 aromatic carbocycles. The minimum absolute atomic E-state index is 0.0894. The first-order chi connectivity index (χ1) is 9.23. The maximum atomic E-state index is 12.4. The van der Waals surface area contributed by atoms with Crippen LogP contribution in [0.2, 0.25) is 5.02 Å². The Morgan fingerprint density at radius 3 is 2.65 bits per heavy atom. The molecule has 9 heteroatoms. The predicted molar refractivity (Wildman–Crippen MR) is 72.4 cm³/mol. The maximum absolute atomic E-state index is 12.4. The van der Waals surface area contributed by atoms with Gasteiger partial charge in [-0.05, 0) is 25.1 Å². The van der Waals surface area contributed by atoms with Gasteiger partial charge in [0.25, 0.3) is 0 Å². The van der Waals surface area contributed by atoms with Crippen molar-refractivity contribution in [2.75, 3.05) is 12.3 Å². The van der Waals surface area contributed by atoms with Gasteiger partial charge in [0.1, 0.15) is 6.04 Å². The molecule has 0 saturated carbocycles. The highest BCUT2D eigenvalue weighted by molar-refractivity contribution is 7.89. The van der Waals surface area contributed by atoms with E-state index in [1.54, 1.807) is 0 Å². The van der Waals surface area contributed by atoms with E-state index < -0.39 is 34.4 Å². The Balaban J connectivity index is 2.45. The molecular weight excluding hydrogens is 306 g/mol. The molecule has 1 unspecified atom stereocenters. The van der Waals surface area contributed by atoms with Crippen molar-refractivity contribution < 1.29 is 18.0 Å². The first-order valence-electron chi connectivity index (χ1n) is 5.64. The lowest BCUT2D eigenvalue weighted by Gasteiger charge is -2.30. The number of amides is 2. The Kier molecular flexibility index (Phi) is 3.72. The van der Waals surface area contributed by atoms with Crippen molar-refractivity contribution in [3.05, 3.63) is 23.2 Å². The van der Waals surface area contributed by atoms with Crippen LogP contribution in [0.1, 0.15) is 6.92 Å². The molecule has 108 valence electrons. The van der Waals surface area contributed by atoms with Gasteiger partial charge in [0.15, 0.2) is 0 Å². The van der Waals surface area contributed by atoms with E-state index in [4.69, 9.17) is 17.3 Å². The van der Waals surface area contributed by atoms with E-state index in [1.807, 2.05) is 0 Å². The van der Waals surface area contributed by atoms with Gasteiger partial charge in [0, 0.05) is 0 Å². The molecule has 1 heterocycles. The van der Waals surface area contributed by atoms with E-state index in [9.17, 15) is 18.0 Å². The van der Waals surface area contributed by atoms with Crippen molar-refractivity contribution >= 4 is 39.1 Å². The van der Waals surface area contributed by atoms with E-state index in [2.05, 4.69) is 5.32 Å². The number of hydrogen-bond donors (Lipinski definition) is 2. The van der Waals surface area contributed by atoms with Crippen LogP contribution < -0.4 is 11.1 Å². The number of nitrogens with one attached hydrogen (secondary N) is 1. The summed E-state index contributed by atoms with van der Waals surface area (Å²) in [4.78, 5) is 22.8. The number of hydrogen-bond acceptors (Lipinski definition) is 5. The van der Waals surface area contributed by atoms with E-state index in [0.717, 1.165) is 4.31 Å². The van der Waals surface area contributed by atoms with Crippen LogP contribution in [0.25, 0.3) is 0 Å². The highest BCUT2D eigenvalue weighted by atomic mass is 35.5. The Bertz CT molecular complexity index is 689. The van der Waals surface area contributed by atoms with Gasteiger partial charge in [-0.1, -0.05) is 11.6 Å². The van der Waals surface area contributed by atoms with Crippen molar-refractivity contribution in [3.8, 4) is 0 Å². The van der Waals surface area contributed by atoms with Crippen molar-refractivity contribution in [3.63, 3.8) is 0 Å². The van der Waals surface area contributed by atoms with Crippen molar-refractivity contribution in [1.29, 1.82) is 0 Å². The van der Waals surface area contributed by atoms with Crippen LogP contribution in [-0.2, 0) is 19.6 Å². The van der Waals surface area contributed by atoms with E-state index >= 15 is 0 Å². The minimum Gasteiger partial charge on any atom is -0.398 e. The monoisotopic (exact) mass is 317 g/mol. The standard InChI is InChI=1S/C11H12ClN3O4S/c1-6-11(17)14-10(16)5-15(6)20(18,19)7-2-3-9(13)8(12)4-7/h2-4,6H,5,13H2,1H3,(H,14,16,17). The fourth-order valence-corrected chi connectivity index (χ4v) is 3.61. The molecule has 1 aliphatic heterocycles. The Labute approximate surface area is 120 Å². The van der Waals surface area contributed by atoms with Gasteiger partial charge in [-0.3, -0.25) is 14.9 Å². The first kappa shape index (κ1) is 14.8. The summed E-state index contributed by atoms with van der Waals surface area (Å²) in [6.07, 6.45) is 0. The smallest absolute Gasteiger partial charge is 0.244 e. The predicted octanol–water partition coefficient (Wildman–Crippen LogP) is -0.0422. The number of piperazine rings is 1. The molecule has 20 heavy (non-hydrogen) atoms. The van der Waals surface area contributed by atoms with Crippen LogP contribution in [-0.4, -0.2) is 37.1 Å². The zero-order valence-corrected chi connectivity index (χ0v) is 12.0. The second-order valence-corrected chi connectivity index (χ2v) is 6.62. The summed E-state index contributed by atoms with van der Waals surface area (Å²) in [7, 11) is -4.00. The molecule has 1 aromatic rings. The van der Waals surface area contributed by atoms with Gasteiger partial charge < -0.3 is 5.73 Å². The summed E-state index contributed by atoms with van der Waals surface area (Å²) >= 11 is 5.80. The fraction of sp³-hybridized carbons (Fsp3) is 0.273. The minimum atomic E-state index is -4.00. The van der Waals surface area contributed by atoms with Gasteiger partial charge in [0.2, 0.25) is 21.8 Å². The summed E-state index contributed by atoms with van der Waals surface area (Å²) in [5.74, 6) is -1.33. The molecule has 0 aliphatic carbocycles. The van der Waals surface area contributed by atoms with Crippen molar-refractivity contribution in [1.82, 2.24) is 9.62 Å². The topological polar surface area (TPSA) is 110 Å². The molecule has 1 fully saturated rings. The number of benzene rings is 1. The zero-order chi connectivity index (χ0) is 15.1. The highest BCUT2D eigenvalue weighted by Crippen LogP contribution is 2.26. The molecule has 1 aliphatic rings. The third-order valence-corrected chi connectivity index (χ3v) is 5.19. The van der Waals surface area contributed by atoms with Crippen molar-refractivity contribution in [2.45, 2.75) is 17.9 Å². The lowest BCUT2D eigenvalue weighted by molar-refractivity contribution is -0.136. The summed E-state index contributed by atoms with van der Waals surface area (Å²) in [5.41, 5.74) is 5.77. The summed E-state index contributed by atoms with van der Waals surface area (Å²) in [6.45, 7) is 0.982. The number of carbonyl (C=O) groups is 2. The lowest BCUT2D eigenvalue weighted by Crippen LogP contribution is -2.58. The molecular formula is C11H12ClN3O4S. The molecule has 0 bridgehead atoms. The number of nitrogens with two attached hydrogens (primary N) is 1. The highest BCUT2D eigenvalue weighted by Gasteiger charge is 2.39. The average Bonchev–Trinajstić information content (AvgIpc) is 2.36. The molecule has 7 nitrogen and oxygen atoms in total. The van der Waals surface area contributed by atoms with Gasteiger partial charge in [-0.2, -0.15) is 4.31 Å². The first-order valence-corrected chi connectivity index (χ1v) is 7.46. The third-order valence-electron chi connectivity index (χ3n) is 2.95. The van der Waals surface area contributed by atoms with E-state index in [-0.39, 0.29) is 15.6 Å². The van der Waals surface area contributed by atoms with Gasteiger partial charge in [0.05, 0.1) is 22.2 Å². The summed E-state index contributed by atoms with van der Waals surface area (Å²) in [5, 5.41) is 2.16. The molecule has 0 aromatic heterocycles. The molecule has 1 atom stereocenters. The normalized spacial score (nSPS) is 20.8. The average molecular weight is 318 g/mol. The Morgan fingerprint density at radius 2 is 2.05 bits per heavy atom. The third kappa shape index (κ3) is 2.49. The molecule has 1 saturated heterocycles. The lowest BCUT2D eigenvalue weighted by atomic mass is 10.2. The SMILES string of the molecule is CC1C(=O)NC(=O)CN1S(=O)(=O)c1ccc(N)c(Cl)c1. The molecule has 2 rings (SSSR count). The molecule has 0 spiro atoms. The molecule has 0 radical (unpaired) electrons. The maximum Gasteiger partial charge on any atom is 0.244 e. The Hall–Kier alpha value is -1.64. The van der Waals surface area contributed by atoms with E-state index in [0.29, 0.717) is 0 Å². The van der Waals surface area contributed by atoms with Crippen LogP contribution in [0.15, 0.2) is 23.1 Å². The van der Waals surface area contributed by atoms with Gasteiger partial charge in [-0.25, -0.2) is 8.42 Å². The quantitative estimate of drug-likeness (QED) is 0.587. The molecule has 2 amide bonds. The number of nitrogen functional groups attached to an aromatic ring is 1. The number of imide groups is 1. The number of carbonyl (C=O) groups excluding carboxylic acids is 2. The number of sulfonamides is 1. The number of halogens is 1. The van der Waals surface area contributed by atoms with Crippen LogP contribution in [0, 0.1) is 0 Å².